The molecule has 1 aromatic heterocycles. The molecule has 2 N–H and O–H groups in total. The standard InChI is InChI=1S/C26H27ClN4O4S/c27-19-3-4-20-21(13-19)36-15-18-2-1-8-29-24(18)23(20)17-6-9-30(10-7-17)22(32)12-16-5-11-31(25(28)33)26(14-16)34-35-26/h1-4,8,13,16H,5-7,9-12,14-15H2,(H2,28,33). The molecular weight excluding hydrogens is 500 g/mol. The molecule has 1 unspecified atom stereocenters. The van der Waals surface area contributed by atoms with Crippen LogP contribution in [-0.2, 0) is 20.3 Å². The zero-order chi connectivity index (χ0) is 24.9. The van der Waals surface area contributed by atoms with Gasteiger partial charge in [-0.25, -0.2) is 4.79 Å². The minimum absolute atomic E-state index is 0.0851. The van der Waals surface area contributed by atoms with Crippen LogP contribution in [0.25, 0.3) is 5.57 Å². The number of benzene rings is 1. The fourth-order valence-electron chi connectivity index (χ4n) is 5.61. The first-order valence-electron chi connectivity index (χ1n) is 12.2. The van der Waals surface area contributed by atoms with E-state index in [-0.39, 0.29) is 11.8 Å². The lowest BCUT2D eigenvalue weighted by Crippen LogP contribution is -2.51. The third kappa shape index (κ3) is 4.38. The van der Waals surface area contributed by atoms with Gasteiger partial charge in [-0.05, 0) is 54.5 Å². The van der Waals surface area contributed by atoms with Gasteiger partial charge in [0.05, 0.1) is 5.69 Å². The van der Waals surface area contributed by atoms with Crippen molar-refractivity contribution in [3.8, 4) is 0 Å². The van der Waals surface area contributed by atoms with Crippen LogP contribution in [0.5, 0.6) is 0 Å². The van der Waals surface area contributed by atoms with E-state index in [1.54, 1.807) is 11.8 Å². The topological polar surface area (TPSA) is 105 Å². The summed E-state index contributed by atoms with van der Waals surface area (Å²) in [6, 6.07) is 9.65. The Bertz CT molecular complexity index is 1250. The van der Waals surface area contributed by atoms with Gasteiger partial charge < -0.3 is 10.6 Å². The van der Waals surface area contributed by atoms with Crippen molar-refractivity contribution in [1.29, 1.82) is 0 Å². The first-order chi connectivity index (χ1) is 17.4. The Labute approximate surface area is 218 Å². The molecule has 10 heteroatoms. The number of carbonyl (C=O) groups is 2. The summed E-state index contributed by atoms with van der Waals surface area (Å²) in [5, 5.41) is 0.732. The summed E-state index contributed by atoms with van der Waals surface area (Å²) >= 11 is 8.11. The van der Waals surface area contributed by atoms with Gasteiger partial charge in [-0.3, -0.25) is 14.7 Å². The number of urea groups is 1. The number of nitrogens with two attached hydrogens (primary N) is 1. The van der Waals surface area contributed by atoms with Crippen molar-refractivity contribution in [2.75, 3.05) is 19.6 Å². The number of primary amides is 1. The number of likely N-dealkylation sites (tertiary alicyclic amines) is 2. The SMILES string of the molecule is NC(=O)N1CCC(CC(=O)N2CCC(=C3c4ccc(Cl)cc4SCc4cccnc43)CC2)CC12OO2. The average Bonchev–Trinajstić information content (AvgIpc) is 3.65. The molecule has 0 aliphatic carbocycles. The number of halogens is 1. The van der Waals surface area contributed by atoms with Crippen LogP contribution in [0.15, 0.2) is 47.0 Å². The lowest BCUT2D eigenvalue weighted by Gasteiger charge is -2.35. The molecule has 188 valence electrons. The number of carbonyl (C=O) groups excluding carboxylic acids is 2. The molecule has 4 aliphatic heterocycles. The van der Waals surface area contributed by atoms with Crippen molar-refractivity contribution in [2.45, 2.75) is 48.7 Å². The third-order valence-electron chi connectivity index (χ3n) is 7.52. The predicted octanol–water partition coefficient (Wildman–Crippen LogP) is 4.56. The lowest BCUT2D eigenvalue weighted by molar-refractivity contribution is -0.133. The molecule has 6 rings (SSSR count). The maximum atomic E-state index is 13.2. The molecule has 5 heterocycles. The lowest BCUT2D eigenvalue weighted by atomic mass is 9.88. The van der Waals surface area contributed by atoms with E-state index in [0.717, 1.165) is 29.3 Å². The Kier molecular flexibility index (Phi) is 6.19. The second-order valence-electron chi connectivity index (χ2n) is 9.73. The Hall–Kier alpha value is -2.59. The van der Waals surface area contributed by atoms with Crippen LogP contribution in [-0.4, -0.2) is 52.3 Å². The van der Waals surface area contributed by atoms with Crippen LogP contribution in [0.2, 0.25) is 5.02 Å². The summed E-state index contributed by atoms with van der Waals surface area (Å²) in [5.74, 6) is 0.000764. The maximum absolute atomic E-state index is 13.2. The number of fused-ring (bicyclic) bond motifs is 2. The monoisotopic (exact) mass is 526 g/mol. The number of piperidine rings is 2. The van der Waals surface area contributed by atoms with Gasteiger partial charge in [-0.2, -0.15) is 9.78 Å². The number of amides is 3. The van der Waals surface area contributed by atoms with E-state index in [2.05, 4.69) is 12.1 Å². The molecule has 36 heavy (non-hydrogen) atoms. The summed E-state index contributed by atoms with van der Waals surface area (Å²) in [7, 11) is 0. The zero-order valence-corrected chi connectivity index (χ0v) is 21.3. The molecule has 3 saturated heterocycles. The summed E-state index contributed by atoms with van der Waals surface area (Å²) in [4.78, 5) is 44.3. The second-order valence-corrected chi connectivity index (χ2v) is 11.2. The largest absolute Gasteiger partial charge is 0.351 e. The van der Waals surface area contributed by atoms with Gasteiger partial charge >= 0.3 is 11.9 Å². The van der Waals surface area contributed by atoms with Gasteiger partial charge in [0.25, 0.3) is 0 Å². The van der Waals surface area contributed by atoms with Crippen molar-refractivity contribution in [3.05, 3.63) is 63.9 Å². The van der Waals surface area contributed by atoms with Crippen LogP contribution in [0, 0.1) is 5.92 Å². The zero-order valence-electron chi connectivity index (χ0n) is 19.7. The fourth-order valence-corrected chi connectivity index (χ4v) is 6.93. The maximum Gasteiger partial charge on any atom is 0.319 e. The van der Waals surface area contributed by atoms with Gasteiger partial charge in [-0.1, -0.05) is 29.3 Å². The van der Waals surface area contributed by atoms with Gasteiger partial charge in [-0.15, -0.1) is 11.8 Å². The van der Waals surface area contributed by atoms with E-state index in [9.17, 15) is 9.59 Å². The highest BCUT2D eigenvalue weighted by molar-refractivity contribution is 7.98. The van der Waals surface area contributed by atoms with E-state index in [4.69, 9.17) is 32.1 Å². The average molecular weight is 527 g/mol. The molecule has 0 radical (unpaired) electrons. The number of thioether (sulfide) groups is 1. The molecule has 3 amide bonds. The summed E-state index contributed by atoms with van der Waals surface area (Å²) in [6.07, 6.45) is 5.04. The quantitative estimate of drug-likeness (QED) is 0.454. The van der Waals surface area contributed by atoms with Gasteiger partial charge in [0.2, 0.25) is 5.91 Å². The van der Waals surface area contributed by atoms with Crippen molar-refractivity contribution < 1.29 is 19.4 Å². The van der Waals surface area contributed by atoms with Crippen LogP contribution >= 0.6 is 23.4 Å². The molecule has 2 aromatic rings. The molecule has 8 nitrogen and oxygen atoms in total. The summed E-state index contributed by atoms with van der Waals surface area (Å²) < 4.78 is 0. The summed E-state index contributed by atoms with van der Waals surface area (Å²) in [5.41, 5.74) is 11.4. The van der Waals surface area contributed by atoms with E-state index in [1.165, 1.54) is 32.1 Å². The highest BCUT2D eigenvalue weighted by atomic mass is 35.5. The molecule has 0 bridgehead atoms. The Morgan fingerprint density at radius 2 is 2.00 bits per heavy atom. The summed E-state index contributed by atoms with van der Waals surface area (Å²) in [6.45, 7) is 1.78. The molecular formula is C26H27ClN4O4S. The molecule has 1 aromatic carbocycles. The normalized spacial score (nSPS) is 22.6. The fraction of sp³-hybridized carbons (Fsp3) is 0.423. The second kappa shape index (κ2) is 9.37. The Balaban J connectivity index is 1.18. The van der Waals surface area contributed by atoms with Crippen molar-refractivity contribution in [2.24, 2.45) is 11.7 Å². The van der Waals surface area contributed by atoms with Crippen molar-refractivity contribution in [1.82, 2.24) is 14.8 Å². The number of pyridine rings is 1. The number of aromatic nitrogens is 1. The van der Waals surface area contributed by atoms with E-state index in [0.29, 0.717) is 38.9 Å². The van der Waals surface area contributed by atoms with Gasteiger partial charge in [0.15, 0.2) is 0 Å². The molecule has 1 spiro atoms. The van der Waals surface area contributed by atoms with Crippen LogP contribution in [0.3, 0.4) is 0 Å². The first-order valence-corrected chi connectivity index (χ1v) is 13.6. The first kappa shape index (κ1) is 23.8. The van der Waals surface area contributed by atoms with Crippen molar-refractivity contribution >= 4 is 40.9 Å². The minimum Gasteiger partial charge on any atom is -0.351 e. The van der Waals surface area contributed by atoms with E-state index < -0.39 is 11.9 Å². The minimum atomic E-state index is -1.07. The molecule has 4 aliphatic rings. The Morgan fingerprint density at radius 3 is 2.75 bits per heavy atom. The third-order valence-corrected chi connectivity index (χ3v) is 8.86. The number of nitrogens with zero attached hydrogens (tertiary/aromatic N) is 3. The van der Waals surface area contributed by atoms with Gasteiger partial charge in [0.1, 0.15) is 0 Å². The molecule has 3 fully saturated rings. The van der Waals surface area contributed by atoms with Gasteiger partial charge in [0, 0.05) is 59.9 Å². The number of hydrogen-bond donors (Lipinski definition) is 1. The van der Waals surface area contributed by atoms with Crippen LogP contribution < -0.4 is 5.73 Å². The van der Waals surface area contributed by atoms with Crippen LogP contribution in [0.1, 0.15) is 48.9 Å². The van der Waals surface area contributed by atoms with Crippen LogP contribution in [0.4, 0.5) is 4.79 Å². The number of rotatable bonds is 2. The predicted molar refractivity (Wildman–Crippen MR) is 136 cm³/mol. The molecule has 1 atom stereocenters. The molecule has 0 saturated carbocycles. The highest BCUT2D eigenvalue weighted by Gasteiger charge is 2.59. The van der Waals surface area contributed by atoms with E-state index in [1.807, 2.05) is 29.3 Å². The smallest absolute Gasteiger partial charge is 0.319 e. The van der Waals surface area contributed by atoms with E-state index >= 15 is 0 Å². The van der Waals surface area contributed by atoms with Crippen molar-refractivity contribution in [3.63, 3.8) is 0 Å². The Morgan fingerprint density at radius 1 is 1.19 bits per heavy atom. The number of hydrogen-bond acceptors (Lipinski definition) is 6. The highest BCUT2D eigenvalue weighted by Crippen LogP contribution is 2.46.